The molecule has 1 heteroatoms. The van der Waals surface area contributed by atoms with E-state index in [1.54, 1.807) is 11.0 Å². The van der Waals surface area contributed by atoms with E-state index in [1.807, 2.05) is 0 Å². The van der Waals surface area contributed by atoms with E-state index in [0.717, 1.165) is 5.82 Å². The van der Waals surface area contributed by atoms with E-state index in [9.17, 15) is 0 Å². The van der Waals surface area contributed by atoms with Gasteiger partial charge in [-0.15, -0.1) is 0 Å². The van der Waals surface area contributed by atoms with Crippen molar-refractivity contribution in [3.05, 3.63) is 29.3 Å². The molecule has 0 N–H and O–H groups in total. The van der Waals surface area contributed by atoms with Crippen LogP contribution in [0.15, 0.2) is 18.2 Å². The summed E-state index contributed by atoms with van der Waals surface area (Å²) in [5.41, 5.74) is 5.08. The summed E-state index contributed by atoms with van der Waals surface area (Å²) in [5.74, 6) is 0.913. The van der Waals surface area contributed by atoms with Gasteiger partial charge in [0.15, 0.2) is 7.28 Å². The molecular weight excluding hydrogens is 263 g/mol. The second-order valence-corrected chi connectivity index (χ2v) is 9.44. The van der Waals surface area contributed by atoms with Gasteiger partial charge in [-0.3, -0.25) is 0 Å². The summed E-state index contributed by atoms with van der Waals surface area (Å²) in [6.07, 6.45) is 8.66. The predicted octanol–water partition coefficient (Wildman–Crippen LogP) is 5.49. The zero-order valence-electron chi connectivity index (χ0n) is 15.8. The van der Waals surface area contributed by atoms with Gasteiger partial charge in [-0.05, 0) is 22.0 Å². The fourth-order valence-corrected chi connectivity index (χ4v) is 3.89. The van der Waals surface area contributed by atoms with E-state index < -0.39 is 0 Å². The summed E-state index contributed by atoms with van der Waals surface area (Å²) < 4.78 is 0. The Hall–Kier alpha value is -0.715. The molecule has 1 aliphatic carbocycles. The highest BCUT2D eigenvalue weighted by Crippen LogP contribution is 2.33. The lowest BCUT2D eigenvalue weighted by Crippen LogP contribution is -2.27. The van der Waals surface area contributed by atoms with Gasteiger partial charge < -0.3 is 0 Å². The maximum atomic E-state index is 2.52. The van der Waals surface area contributed by atoms with Gasteiger partial charge in [-0.1, -0.05) is 110 Å². The van der Waals surface area contributed by atoms with Crippen molar-refractivity contribution in [3.8, 4) is 0 Å². The lowest BCUT2D eigenvalue weighted by Gasteiger charge is -2.31. The molecule has 1 aromatic rings. The Balaban J connectivity index is 2.26. The van der Waals surface area contributed by atoms with E-state index in [-0.39, 0.29) is 10.8 Å². The lowest BCUT2D eigenvalue weighted by atomic mass is 9.55. The molecule has 0 saturated heterocycles. The molecule has 1 aromatic carbocycles. The topological polar surface area (TPSA) is 0 Å². The average molecular weight is 298 g/mol. The monoisotopic (exact) mass is 298 g/mol. The van der Waals surface area contributed by atoms with Crippen molar-refractivity contribution in [2.24, 2.45) is 0 Å². The highest BCUT2D eigenvalue weighted by Gasteiger charge is 2.25. The van der Waals surface area contributed by atoms with Crippen LogP contribution >= 0.6 is 0 Å². The summed E-state index contributed by atoms with van der Waals surface area (Å²) in [4.78, 5) is 0. The second-order valence-electron chi connectivity index (χ2n) is 9.44. The fraction of sp³-hybridized carbons (Fsp3) is 0.714. The van der Waals surface area contributed by atoms with Gasteiger partial charge in [0.2, 0.25) is 0 Å². The van der Waals surface area contributed by atoms with E-state index >= 15 is 0 Å². The SMILES string of the molecule is CC(C)(C)c1ccc(BC2CCCCCC2)cc1C(C)(C)C. The Labute approximate surface area is 139 Å². The van der Waals surface area contributed by atoms with Crippen LogP contribution in [0.3, 0.4) is 0 Å². The third-order valence-electron chi connectivity index (χ3n) is 5.20. The first-order chi connectivity index (χ1) is 10.2. The van der Waals surface area contributed by atoms with Crippen LogP contribution in [0.25, 0.3) is 0 Å². The maximum Gasteiger partial charge on any atom is 0.160 e. The highest BCUT2D eigenvalue weighted by molar-refractivity contribution is 6.55. The standard InChI is InChI=1S/C21H35B/c1-20(2,3)18-14-13-17(15-19(18)21(4,5)6)22-16-11-9-7-8-10-12-16/h13-16,22H,7-12H2,1-6H3. The van der Waals surface area contributed by atoms with E-state index in [1.165, 1.54) is 51.4 Å². The minimum atomic E-state index is 0.224. The van der Waals surface area contributed by atoms with Crippen molar-refractivity contribution >= 4 is 12.7 Å². The number of hydrogen-bond donors (Lipinski definition) is 0. The molecular formula is C21H35B. The molecule has 1 aliphatic rings. The van der Waals surface area contributed by atoms with Crippen LogP contribution in [0, 0.1) is 0 Å². The van der Waals surface area contributed by atoms with Gasteiger partial charge in [-0.25, -0.2) is 0 Å². The molecule has 22 heavy (non-hydrogen) atoms. The van der Waals surface area contributed by atoms with E-state index in [4.69, 9.17) is 0 Å². The summed E-state index contributed by atoms with van der Waals surface area (Å²) >= 11 is 0. The summed E-state index contributed by atoms with van der Waals surface area (Å²) in [6.45, 7) is 14.1. The molecule has 1 fully saturated rings. The number of hydrogen-bond acceptors (Lipinski definition) is 0. The van der Waals surface area contributed by atoms with E-state index in [2.05, 4.69) is 59.7 Å². The molecule has 0 spiro atoms. The van der Waals surface area contributed by atoms with Crippen LogP contribution in [0.5, 0.6) is 0 Å². The molecule has 0 amide bonds. The van der Waals surface area contributed by atoms with E-state index in [0.29, 0.717) is 0 Å². The third kappa shape index (κ3) is 4.64. The molecule has 0 radical (unpaired) electrons. The van der Waals surface area contributed by atoms with Crippen molar-refractivity contribution < 1.29 is 0 Å². The van der Waals surface area contributed by atoms with Gasteiger partial charge in [0.25, 0.3) is 0 Å². The maximum absolute atomic E-state index is 2.52. The minimum Gasteiger partial charge on any atom is -0.0839 e. The number of rotatable bonds is 2. The Kier molecular flexibility index (Phi) is 5.46. The van der Waals surface area contributed by atoms with Gasteiger partial charge in [0, 0.05) is 0 Å². The Morgan fingerprint density at radius 1 is 0.773 bits per heavy atom. The normalized spacial score (nSPS) is 18.1. The molecule has 0 heterocycles. The zero-order chi connectivity index (χ0) is 16.4. The highest BCUT2D eigenvalue weighted by atomic mass is 14.3. The molecule has 1 saturated carbocycles. The second kappa shape index (κ2) is 6.81. The van der Waals surface area contributed by atoms with Gasteiger partial charge >= 0.3 is 0 Å². The van der Waals surface area contributed by atoms with Crippen LogP contribution in [0.4, 0.5) is 0 Å². The van der Waals surface area contributed by atoms with Crippen molar-refractivity contribution in [2.45, 2.75) is 96.7 Å². The summed E-state index contributed by atoms with van der Waals surface area (Å²) in [5, 5.41) is 0. The van der Waals surface area contributed by atoms with Crippen molar-refractivity contribution in [3.63, 3.8) is 0 Å². The van der Waals surface area contributed by atoms with Crippen LogP contribution in [0.2, 0.25) is 5.82 Å². The largest absolute Gasteiger partial charge is 0.160 e. The van der Waals surface area contributed by atoms with Crippen LogP contribution < -0.4 is 5.46 Å². The smallest absolute Gasteiger partial charge is 0.0839 e. The average Bonchev–Trinajstić information content (AvgIpc) is 2.65. The molecule has 0 atom stereocenters. The Bertz CT molecular complexity index is 480. The first-order valence-corrected chi connectivity index (χ1v) is 9.32. The molecule has 0 bridgehead atoms. The minimum absolute atomic E-state index is 0.224. The van der Waals surface area contributed by atoms with Crippen molar-refractivity contribution in [1.29, 1.82) is 0 Å². The number of benzene rings is 1. The molecule has 0 unspecified atom stereocenters. The molecule has 0 aliphatic heterocycles. The van der Waals surface area contributed by atoms with Gasteiger partial charge in [0.1, 0.15) is 0 Å². The molecule has 0 nitrogen and oxygen atoms in total. The molecule has 122 valence electrons. The summed E-state index contributed by atoms with van der Waals surface area (Å²) in [7, 11) is 1.29. The summed E-state index contributed by atoms with van der Waals surface area (Å²) in [6, 6.07) is 7.33. The van der Waals surface area contributed by atoms with Crippen LogP contribution in [0.1, 0.15) is 91.2 Å². The van der Waals surface area contributed by atoms with Crippen molar-refractivity contribution in [2.75, 3.05) is 0 Å². The first kappa shape index (κ1) is 17.6. The van der Waals surface area contributed by atoms with Crippen molar-refractivity contribution in [1.82, 2.24) is 0 Å². The quantitative estimate of drug-likeness (QED) is 0.500. The third-order valence-corrected chi connectivity index (χ3v) is 5.20. The van der Waals surface area contributed by atoms with Crippen LogP contribution in [-0.4, -0.2) is 7.28 Å². The Morgan fingerprint density at radius 3 is 1.82 bits per heavy atom. The van der Waals surface area contributed by atoms with Gasteiger partial charge in [0.05, 0.1) is 0 Å². The molecule has 2 rings (SSSR count). The lowest BCUT2D eigenvalue weighted by molar-refractivity contribution is 0.530. The fourth-order valence-electron chi connectivity index (χ4n) is 3.89. The predicted molar refractivity (Wildman–Crippen MR) is 102 cm³/mol. The van der Waals surface area contributed by atoms with Crippen LogP contribution in [-0.2, 0) is 10.8 Å². The Morgan fingerprint density at radius 2 is 1.32 bits per heavy atom. The molecule has 0 aromatic heterocycles. The zero-order valence-corrected chi connectivity index (χ0v) is 15.8. The first-order valence-electron chi connectivity index (χ1n) is 9.32. The van der Waals surface area contributed by atoms with Gasteiger partial charge in [-0.2, -0.15) is 0 Å².